The van der Waals surface area contributed by atoms with E-state index in [1.165, 1.54) is 19.3 Å². The average molecular weight is 335 g/mol. The van der Waals surface area contributed by atoms with Crippen molar-refractivity contribution in [3.63, 3.8) is 0 Å². The summed E-state index contributed by atoms with van der Waals surface area (Å²) in [5, 5.41) is 3.39. The molecule has 4 nitrogen and oxygen atoms in total. The molecule has 0 atom stereocenters. The Morgan fingerprint density at radius 3 is 2.78 bits per heavy atom. The minimum absolute atomic E-state index is 0.0708. The molecule has 0 aliphatic heterocycles. The highest BCUT2D eigenvalue weighted by molar-refractivity contribution is 9.10. The van der Waals surface area contributed by atoms with E-state index in [1.807, 2.05) is 0 Å². The summed E-state index contributed by atoms with van der Waals surface area (Å²) in [5.41, 5.74) is -0.0708. The Balaban J connectivity index is 2.16. The fourth-order valence-corrected chi connectivity index (χ4v) is 3.00. The maximum absolute atomic E-state index is 6.13. The van der Waals surface area contributed by atoms with Crippen LogP contribution >= 0.6 is 27.5 Å². The highest BCUT2D eigenvalue weighted by atomic mass is 79.9. The SMILES string of the molecule is COc1nc(NC2(CCl)CCCCC2)ncc1Br. The Labute approximate surface area is 121 Å². The van der Waals surface area contributed by atoms with Crippen molar-refractivity contribution in [3.05, 3.63) is 10.7 Å². The van der Waals surface area contributed by atoms with Crippen LogP contribution in [0.3, 0.4) is 0 Å². The summed E-state index contributed by atoms with van der Waals surface area (Å²) < 4.78 is 5.92. The molecule has 0 radical (unpaired) electrons. The van der Waals surface area contributed by atoms with E-state index >= 15 is 0 Å². The monoisotopic (exact) mass is 333 g/mol. The quantitative estimate of drug-likeness (QED) is 0.855. The van der Waals surface area contributed by atoms with Gasteiger partial charge >= 0.3 is 0 Å². The Kier molecular flexibility index (Phi) is 4.67. The number of aromatic nitrogens is 2. The maximum Gasteiger partial charge on any atom is 0.232 e. The Bertz CT molecular complexity index is 410. The maximum atomic E-state index is 6.13. The molecule has 100 valence electrons. The zero-order valence-electron chi connectivity index (χ0n) is 10.4. The highest BCUT2D eigenvalue weighted by Gasteiger charge is 2.31. The predicted octanol–water partition coefficient (Wildman–Crippen LogP) is 3.60. The van der Waals surface area contributed by atoms with Gasteiger partial charge in [-0.2, -0.15) is 4.98 Å². The van der Waals surface area contributed by atoms with Crippen LogP contribution in [0.15, 0.2) is 10.7 Å². The lowest BCUT2D eigenvalue weighted by molar-refractivity contribution is 0.349. The van der Waals surface area contributed by atoms with Gasteiger partial charge in [0.25, 0.3) is 0 Å². The lowest BCUT2D eigenvalue weighted by Crippen LogP contribution is -2.42. The van der Waals surface area contributed by atoms with Crippen LogP contribution < -0.4 is 10.1 Å². The second-order valence-corrected chi connectivity index (χ2v) is 5.77. The van der Waals surface area contributed by atoms with Crippen molar-refractivity contribution in [1.82, 2.24) is 9.97 Å². The molecule has 6 heteroatoms. The van der Waals surface area contributed by atoms with Crippen LogP contribution in [0.4, 0.5) is 5.95 Å². The molecule has 1 aliphatic carbocycles. The van der Waals surface area contributed by atoms with Gasteiger partial charge in [0.15, 0.2) is 0 Å². The van der Waals surface area contributed by atoms with Gasteiger partial charge in [-0.25, -0.2) is 4.98 Å². The molecule has 0 saturated heterocycles. The number of hydrogen-bond acceptors (Lipinski definition) is 4. The topological polar surface area (TPSA) is 47.0 Å². The fourth-order valence-electron chi connectivity index (χ4n) is 2.31. The molecule has 1 aromatic heterocycles. The van der Waals surface area contributed by atoms with Crippen LogP contribution in [0.1, 0.15) is 32.1 Å². The van der Waals surface area contributed by atoms with Crippen molar-refractivity contribution < 1.29 is 4.74 Å². The van der Waals surface area contributed by atoms with Crippen molar-refractivity contribution in [3.8, 4) is 5.88 Å². The summed E-state index contributed by atoms with van der Waals surface area (Å²) in [7, 11) is 1.59. The van der Waals surface area contributed by atoms with Crippen LogP contribution in [0.5, 0.6) is 5.88 Å². The first kappa shape index (κ1) is 13.9. The van der Waals surface area contributed by atoms with Gasteiger partial charge in [0.1, 0.15) is 0 Å². The molecule has 0 amide bonds. The zero-order chi connectivity index (χ0) is 13.0. The van der Waals surface area contributed by atoms with Crippen LogP contribution in [-0.4, -0.2) is 28.5 Å². The standard InChI is InChI=1S/C12H17BrClN3O/c1-18-10-9(13)7-15-11(16-10)17-12(8-14)5-3-2-4-6-12/h7H,2-6,8H2,1H3,(H,15,16,17). The van der Waals surface area contributed by atoms with Crippen LogP contribution in [0, 0.1) is 0 Å². The number of methoxy groups -OCH3 is 1. The number of hydrogen-bond donors (Lipinski definition) is 1. The van der Waals surface area contributed by atoms with Gasteiger partial charge in [0.2, 0.25) is 11.8 Å². The Morgan fingerprint density at radius 1 is 1.44 bits per heavy atom. The first-order valence-corrected chi connectivity index (χ1v) is 7.42. The van der Waals surface area contributed by atoms with E-state index in [1.54, 1.807) is 13.3 Å². The van der Waals surface area contributed by atoms with Crippen molar-refractivity contribution >= 4 is 33.5 Å². The molecule has 2 rings (SSSR count). The average Bonchev–Trinajstić information content (AvgIpc) is 2.42. The first-order chi connectivity index (χ1) is 8.69. The lowest BCUT2D eigenvalue weighted by Gasteiger charge is -2.36. The number of anilines is 1. The molecule has 18 heavy (non-hydrogen) atoms. The number of nitrogens with one attached hydrogen (secondary N) is 1. The molecule has 0 unspecified atom stereocenters. The number of nitrogens with zero attached hydrogens (tertiary/aromatic N) is 2. The molecular formula is C12H17BrClN3O. The normalized spacial score (nSPS) is 18.4. The van der Waals surface area contributed by atoms with Crippen molar-refractivity contribution in [2.45, 2.75) is 37.6 Å². The number of rotatable bonds is 4. The van der Waals surface area contributed by atoms with E-state index in [0.29, 0.717) is 17.7 Å². The lowest BCUT2D eigenvalue weighted by atomic mass is 9.83. The molecule has 1 N–H and O–H groups in total. The Morgan fingerprint density at radius 2 is 2.17 bits per heavy atom. The number of halogens is 2. The third-order valence-corrected chi connectivity index (χ3v) is 4.40. The van der Waals surface area contributed by atoms with Crippen molar-refractivity contribution in [2.75, 3.05) is 18.3 Å². The molecule has 1 saturated carbocycles. The van der Waals surface area contributed by atoms with E-state index in [0.717, 1.165) is 17.3 Å². The first-order valence-electron chi connectivity index (χ1n) is 6.10. The van der Waals surface area contributed by atoms with E-state index in [-0.39, 0.29) is 5.54 Å². The van der Waals surface area contributed by atoms with E-state index < -0.39 is 0 Å². The molecule has 1 fully saturated rings. The van der Waals surface area contributed by atoms with Crippen LogP contribution in [0.25, 0.3) is 0 Å². The zero-order valence-corrected chi connectivity index (χ0v) is 12.7. The van der Waals surface area contributed by atoms with Crippen molar-refractivity contribution in [1.29, 1.82) is 0 Å². The summed E-state index contributed by atoms with van der Waals surface area (Å²) in [4.78, 5) is 8.59. The molecule has 0 bridgehead atoms. The second kappa shape index (κ2) is 6.06. The fraction of sp³-hybridized carbons (Fsp3) is 0.667. The summed E-state index contributed by atoms with van der Waals surface area (Å²) in [5.74, 6) is 1.69. The van der Waals surface area contributed by atoms with E-state index in [2.05, 4.69) is 31.2 Å². The van der Waals surface area contributed by atoms with Gasteiger partial charge in [-0.1, -0.05) is 19.3 Å². The third-order valence-electron chi connectivity index (χ3n) is 3.35. The number of alkyl halides is 1. The van der Waals surface area contributed by atoms with Gasteiger partial charge < -0.3 is 10.1 Å². The van der Waals surface area contributed by atoms with Gasteiger partial charge in [0.05, 0.1) is 23.3 Å². The second-order valence-electron chi connectivity index (χ2n) is 4.65. The van der Waals surface area contributed by atoms with Gasteiger partial charge in [-0.3, -0.25) is 0 Å². The molecule has 0 aromatic carbocycles. The van der Waals surface area contributed by atoms with E-state index in [4.69, 9.17) is 16.3 Å². The number of ether oxygens (including phenoxy) is 1. The summed E-state index contributed by atoms with van der Waals surface area (Å²) in [6, 6.07) is 0. The highest BCUT2D eigenvalue weighted by Crippen LogP contribution is 2.32. The predicted molar refractivity (Wildman–Crippen MR) is 76.4 cm³/mol. The smallest absolute Gasteiger partial charge is 0.232 e. The summed E-state index contributed by atoms with van der Waals surface area (Å²) in [6.45, 7) is 0. The minimum Gasteiger partial charge on any atom is -0.480 e. The Hall–Kier alpha value is -0.550. The van der Waals surface area contributed by atoms with Crippen LogP contribution in [0.2, 0.25) is 0 Å². The van der Waals surface area contributed by atoms with Crippen LogP contribution in [-0.2, 0) is 0 Å². The summed E-state index contributed by atoms with van der Waals surface area (Å²) >= 11 is 9.48. The van der Waals surface area contributed by atoms with Gasteiger partial charge in [-0.15, -0.1) is 11.6 Å². The minimum atomic E-state index is -0.0708. The third kappa shape index (κ3) is 3.06. The van der Waals surface area contributed by atoms with Gasteiger partial charge in [-0.05, 0) is 28.8 Å². The largest absolute Gasteiger partial charge is 0.480 e. The molecular weight excluding hydrogens is 318 g/mol. The van der Waals surface area contributed by atoms with Gasteiger partial charge in [0, 0.05) is 5.88 Å². The van der Waals surface area contributed by atoms with Crippen molar-refractivity contribution in [2.24, 2.45) is 0 Å². The molecule has 1 heterocycles. The molecule has 0 spiro atoms. The summed E-state index contributed by atoms with van der Waals surface area (Å²) in [6.07, 6.45) is 7.51. The molecule has 1 aromatic rings. The van der Waals surface area contributed by atoms with E-state index in [9.17, 15) is 0 Å². The molecule has 1 aliphatic rings.